The zero-order chi connectivity index (χ0) is 20.1. The highest BCUT2D eigenvalue weighted by Crippen LogP contribution is 2.32. The number of benzene rings is 2. The summed E-state index contributed by atoms with van der Waals surface area (Å²) in [6.07, 6.45) is 5.14. The van der Waals surface area contributed by atoms with Crippen LogP contribution in [0.3, 0.4) is 0 Å². The van der Waals surface area contributed by atoms with Crippen molar-refractivity contribution in [3.8, 4) is 23.7 Å². The number of hydrogen-bond donors (Lipinski definition) is 0. The van der Waals surface area contributed by atoms with Crippen LogP contribution in [-0.4, -0.2) is 41.6 Å². The standard InChI is InChI=1S/C25H24Cl2N2/c26-22-13-9-20(10-14-22)5-3-17-28-19-29(25-8-2-1-7-24(25)28)18-4-6-21-11-15-23(27)16-12-21/h9-16,24-25H,1-2,7-8,17-19H2. The van der Waals surface area contributed by atoms with E-state index in [0.29, 0.717) is 12.1 Å². The fraction of sp³-hybridized carbons (Fsp3) is 0.360. The Labute approximate surface area is 183 Å². The number of hydrogen-bond acceptors (Lipinski definition) is 2. The highest BCUT2D eigenvalue weighted by molar-refractivity contribution is 6.30. The molecule has 1 heterocycles. The fourth-order valence-electron chi connectivity index (χ4n) is 4.27. The third kappa shape index (κ3) is 5.36. The van der Waals surface area contributed by atoms with Crippen molar-refractivity contribution in [2.75, 3.05) is 19.8 Å². The van der Waals surface area contributed by atoms with Crippen molar-refractivity contribution >= 4 is 23.2 Å². The molecule has 0 spiro atoms. The van der Waals surface area contributed by atoms with E-state index in [1.807, 2.05) is 48.5 Å². The highest BCUT2D eigenvalue weighted by atomic mass is 35.5. The van der Waals surface area contributed by atoms with E-state index in [2.05, 4.69) is 33.5 Å². The van der Waals surface area contributed by atoms with Gasteiger partial charge in [0.1, 0.15) is 0 Å². The first kappa shape index (κ1) is 20.3. The summed E-state index contributed by atoms with van der Waals surface area (Å²) in [6, 6.07) is 16.6. The summed E-state index contributed by atoms with van der Waals surface area (Å²) < 4.78 is 0. The minimum atomic E-state index is 0.598. The van der Waals surface area contributed by atoms with E-state index in [1.165, 1.54) is 25.7 Å². The first-order valence-corrected chi connectivity index (χ1v) is 10.9. The minimum Gasteiger partial charge on any atom is -0.275 e. The lowest BCUT2D eigenvalue weighted by Crippen LogP contribution is -2.40. The van der Waals surface area contributed by atoms with Crippen LogP contribution in [0.5, 0.6) is 0 Å². The van der Waals surface area contributed by atoms with Gasteiger partial charge in [0.2, 0.25) is 0 Å². The smallest absolute Gasteiger partial charge is 0.0620 e. The Morgan fingerprint density at radius 1 is 0.690 bits per heavy atom. The molecule has 0 bridgehead atoms. The Balaban J connectivity index is 1.39. The molecule has 0 radical (unpaired) electrons. The van der Waals surface area contributed by atoms with E-state index in [-0.39, 0.29) is 0 Å². The van der Waals surface area contributed by atoms with E-state index < -0.39 is 0 Å². The average molecular weight is 423 g/mol. The molecule has 1 saturated heterocycles. The number of nitrogens with zero attached hydrogens (tertiary/aromatic N) is 2. The molecule has 4 heteroatoms. The topological polar surface area (TPSA) is 6.48 Å². The number of rotatable bonds is 2. The lowest BCUT2D eigenvalue weighted by atomic mass is 9.90. The molecular formula is C25H24Cl2N2. The van der Waals surface area contributed by atoms with Crippen LogP contribution >= 0.6 is 23.2 Å². The van der Waals surface area contributed by atoms with Gasteiger partial charge in [-0.3, -0.25) is 9.80 Å². The van der Waals surface area contributed by atoms with Gasteiger partial charge < -0.3 is 0 Å². The average Bonchev–Trinajstić information content (AvgIpc) is 3.09. The van der Waals surface area contributed by atoms with Gasteiger partial charge in [-0.1, -0.05) is 59.7 Å². The quantitative estimate of drug-likeness (QED) is 0.607. The lowest BCUT2D eigenvalue weighted by molar-refractivity contribution is 0.219. The first-order chi connectivity index (χ1) is 14.2. The molecule has 2 fully saturated rings. The van der Waals surface area contributed by atoms with E-state index in [1.54, 1.807) is 0 Å². The van der Waals surface area contributed by atoms with E-state index in [4.69, 9.17) is 23.2 Å². The number of fused-ring (bicyclic) bond motifs is 1. The molecule has 1 saturated carbocycles. The zero-order valence-corrected chi connectivity index (χ0v) is 17.9. The van der Waals surface area contributed by atoms with E-state index >= 15 is 0 Å². The second-order valence-corrected chi connectivity index (χ2v) is 8.54. The SMILES string of the molecule is Clc1ccc(C#CCN2CN(CC#Cc3ccc(Cl)cc3)C3CCCCC32)cc1. The van der Waals surface area contributed by atoms with Crippen LogP contribution in [0, 0.1) is 23.7 Å². The Morgan fingerprint density at radius 2 is 1.10 bits per heavy atom. The van der Waals surface area contributed by atoms with Gasteiger partial charge in [0.05, 0.1) is 19.8 Å². The predicted molar refractivity (Wildman–Crippen MR) is 121 cm³/mol. The maximum absolute atomic E-state index is 5.95. The molecule has 0 N–H and O–H groups in total. The van der Waals surface area contributed by atoms with Crippen LogP contribution in [0.15, 0.2) is 48.5 Å². The van der Waals surface area contributed by atoms with Gasteiger partial charge in [-0.2, -0.15) is 0 Å². The summed E-state index contributed by atoms with van der Waals surface area (Å²) in [4.78, 5) is 5.05. The molecule has 2 aromatic carbocycles. The Hall–Kier alpha value is -1.94. The zero-order valence-electron chi connectivity index (χ0n) is 16.4. The van der Waals surface area contributed by atoms with Gasteiger partial charge in [0, 0.05) is 33.3 Å². The molecule has 2 nitrogen and oxygen atoms in total. The summed E-state index contributed by atoms with van der Waals surface area (Å²) in [7, 11) is 0. The Morgan fingerprint density at radius 3 is 1.52 bits per heavy atom. The molecule has 1 aliphatic heterocycles. The van der Waals surface area contributed by atoms with Crippen molar-refractivity contribution in [2.45, 2.75) is 37.8 Å². The summed E-state index contributed by atoms with van der Waals surface area (Å²) in [5.41, 5.74) is 2.03. The lowest BCUT2D eigenvalue weighted by Gasteiger charge is -2.31. The van der Waals surface area contributed by atoms with Crippen LogP contribution in [0.25, 0.3) is 0 Å². The van der Waals surface area contributed by atoms with Crippen LogP contribution in [0.4, 0.5) is 0 Å². The largest absolute Gasteiger partial charge is 0.275 e. The highest BCUT2D eigenvalue weighted by Gasteiger charge is 2.40. The first-order valence-electron chi connectivity index (χ1n) is 10.2. The second kappa shape index (κ2) is 9.71. The van der Waals surface area contributed by atoms with Crippen molar-refractivity contribution in [1.29, 1.82) is 0 Å². The molecule has 2 atom stereocenters. The van der Waals surface area contributed by atoms with Crippen LogP contribution < -0.4 is 0 Å². The maximum atomic E-state index is 5.95. The molecule has 2 aliphatic rings. The summed E-state index contributed by atoms with van der Waals surface area (Å²) in [5, 5.41) is 1.49. The van der Waals surface area contributed by atoms with Crippen molar-refractivity contribution < 1.29 is 0 Å². The van der Waals surface area contributed by atoms with Gasteiger partial charge in [-0.15, -0.1) is 0 Å². The fourth-order valence-corrected chi connectivity index (χ4v) is 4.53. The Bertz CT molecular complexity index is 865. The van der Waals surface area contributed by atoms with E-state index in [9.17, 15) is 0 Å². The minimum absolute atomic E-state index is 0.598. The van der Waals surface area contributed by atoms with Crippen LogP contribution in [0.2, 0.25) is 10.0 Å². The molecule has 4 rings (SSSR count). The van der Waals surface area contributed by atoms with Gasteiger partial charge in [-0.05, 0) is 61.4 Å². The summed E-state index contributed by atoms with van der Waals surface area (Å²) in [5.74, 6) is 13.3. The van der Waals surface area contributed by atoms with Crippen LogP contribution in [0.1, 0.15) is 36.8 Å². The van der Waals surface area contributed by atoms with Crippen molar-refractivity contribution in [3.63, 3.8) is 0 Å². The number of halogens is 2. The second-order valence-electron chi connectivity index (χ2n) is 7.67. The molecule has 2 aromatic rings. The molecular weight excluding hydrogens is 399 g/mol. The molecule has 148 valence electrons. The third-order valence-corrected chi connectivity index (χ3v) is 6.22. The molecule has 0 aromatic heterocycles. The third-order valence-electron chi connectivity index (χ3n) is 5.71. The monoisotopic (exact) mass is 422 g/mol. The Kier molecular flexibility index (Phi) is 6.81. The van der Waals surface area contributed by atoms with Gasteiger partial charge in [0.15, 0.2) is 0 Å². The van der Waals surface area contributed by atoms with Gasteiger partial charge in [0.25, 0.3) is 0 Å². The molecule has 0 amide bonds. The maximum Gasteiger partial charge on any atom is 0.0620 e. The molecule has 2 unspecified atom stereocenters. The molecule has 29 heavy (non-hydrogen) atoms. The summed E-state index contributed by atoms with van der Waals surface area (Å²) in [6.45, 7) is 2.54. The molecule has 1 aliphatic carbocycles. The predicted octanol–water partition coefficient (Wildman–Crippen LogP) is 5.28. The van der Waals surface area contributed by atoms with Crippen LogP contribution in [-0.2, 0) is 0 Å². The van der Waals surface area contributed by atoms with Crippen molar-refractivity contribution in [3.05, 3.63) is 69.7 Å². The summed E-state index contributed by atoms with van der Waals surface area (Å²) >= 11 is 11.9. The van der Waals surface area contributed by atoms with Gasteiger partial charge >= 0.3 is 0 Å². The van der Waals surface area contributed by atoms with Crippen molar-refractivity contribution in [2.24, 2.45) is 0 Å². The van der Waals surface area contributed by atoms with Gasteiger partial charge in [-0.25, -0.2) is 0 Å². The normalized spacial score (nSPS) is 21.6. The van der Waals surface area contributed by atoms with E-state index in [0.717, 1.165) is 40.9 Å². The van der Waals surface area contributed by atoms with Crippen molar-refractivity contribution in [1.82, 2.24) is 9.80 Å².